The second-order valence-electron chi connectivity index (χ2n) is 9.06. The molecule has 1 N–H and O–H groups in total. The molecule has 0 saturated carbocycles. The van der Waals surface area contributed by atoms with E-state index in [1.54, 1.807) is 18.2 Å². The Balaban J connectivity index is 1.49. The molecular formula is C28H27FN4OS. The van der Waals surface area contributed by atoms with E-state index in [4.69, 9.17) is 0 Å². The van der Waals surface area contributed by atoms with Crippen molar-refractivity contribution in [2.24, 2.45) is 0 Å². The lowest BCUT2D eigenvalue weighted by atomic mass is 10.00. The van der Waals surface area contributed by atoms with E-state index in [1.165, 1.54) is 27.1 Å². The van der Waals surface area contributed by atoms with Crippen LogP contribution in [0.2, 0.25) is 0 Å². The molecule has 0 unspecified atom stereocenters. The van der Waals surface area contributed by atoms with Gasteiger partial charge in [-0.15, -0.1) is 11.3 Å². The van der Waals surface area contributed by atoms with Gasteiger partial charge in [-0.1, -0.05) is 49.4 Å². The number of benzene rings is 2. The Hall–Kier alpha value is -3.42. The van der Waals surface area contributed by atoms with Gasteiger partial charge in [0.05, 0.1) is 24.0 Å². The smallest absolute Gasteiger partial charge is 0.310 e. The maximum absolute atomic E-state index is 14.5. The number of amides is 2. The summed E-state index contributed by atoms with van der Waals surface area (Å²) in [5.74, 6) is -0.441. The first-order chi connectivity index (χ1) is 17.1. The van der Waals surface area contributed by atoms with Crippen LogP contribution in [0.3, 0.4) is 0 Å². The van der Waals surface area contributed by atoms with Crippen LogP contribution in [-0.2, 0) is 19.5 Å². The third-order valence-electron chi connectivity index (χ3n) is 7.08. The van der Waals surface area contributed by atoms with Crippen molar-refractivity contribution in [2.75, 3.05) is 18.4 Å². The van der Waals surface area contributed by atoms with Gasteiger partial charge in [-0.05, 0) is 48.4 Å². The summed E-state index contributed by atoms with van der Waals surface area (Å²) in [6.07, 6.45) is 3.08. The number of hydrogen-bond acceptors (Lipinski definition) is 3. The first-order valence-corrected chi connectivity index (χ1v) is 12.9. The van der Waals surface area contributed by atoms with E-state index in [1.807, 2.05) is 40.5 Å². The van der Waals surface area contributed by atoms with E-state index in [9.17, 15) is 9.18 Å². The largest absolute Gasteiger partial charge is 0.323 e. The van der Waals surface area contributed by atoms with Crippen LogP contribution in [0, 0.1) is 5.82 Å². The van der Waals surface area contributed by atoms with E-state index in [0.717, 1.165) is 37.3 Å². The van der Waals surface area contributed by atoms with Gasteiger partial charge in [0.2, 0.25) is 0 Å². The van der Waals surface area contributed by atoms with Crippen LogP contribution in [0.5, 0.6) is 0 Å². The minimum absolute atomic E-state index is 0.190. The zero-order valence-corrected chi connectivity index (χ0v) is 20.4. The summed E-state index contributed by atoms with van der Waals surface area (Å²) in [6, 6.07) is 19.9. The van der Waals surface area contributed by atoms with Gasteiger partial charge in [0.1, 0.15) is 10.8 Å². The highest BCUT2D eigenvalue weighted by Crippen LogP contribution is 2.43. The third-order valence-corrected chi connectivity index (χ3v) is 8.34. The predicted octanol–water partition coefficient (Wildman–Crippen LogP) is 6.19. The number of thiophene rings is 1. The number of para-hydroxylation sites is 1. The number of rotatable bonds is 3. The minimum Gasteiger partial charge on any atom is -0.310 e. The summed E-state index contributed by atoms with van der Waals surface area (Å²) in [5.41, 5.74) is 4.82. The van der Waals surface area contributed by atoms with Crippen LogP contribution < -0.4 is 5.32 Å². The number of likely N-dealkylation sites (N-methyl/N-ethyl adjacent to an activating group) is 1. The van der Waals surface area contributed by atoms with Gasteiger partial charge in [0.25, 0.3) is 0 Å². The first kappa shape index (κ1) is 22.1. The topological polar surface area (TPSA) is 40.5 Å². The molecule has 0 bridgehead atoms. The first-order valence-electron chi connectivity index (χ1n) is 12.0. The summed E-state index contributed by atoms with van der Waals surface area (Å²) >= 11 is 1.84. The van der Waals surface area contributed by atoms with Gasteiger partial charge in [-0.3, -0.25) is 4.90 Å². The molecule has 5 nitrogen and oxygen atoms in total. The Bertz CT molecular complexity index is 1380. The monoisotopic (exact) mass is 486 g/mol. The van der Waals surface area contributed by atoms with E-state index in [-0.39, 0.29) is 17.8 Å². The van der Waals surface area contributed by atoms with Gasteiger partial charge >= 0.3 is 6.03 Å². The summed E-state index contributed by atoms with van der Waals surface area (Å²) in [7, 11) is 0. The lowest BCUT2D eigenvalue weighted by Crippen LogP contribution is -2.38. The highest BCUT2D eigenvalue weighted by molar-refractivity contribution is 7.15. The molecule has 2 aromatic heterocycles. The van der Waals surface area contributed by atoms with Crippen molar-refractivity contribution in [3.8, 4) is 5.00 Å². The molecule has 4 heterocycles. The number of halogens is 1. The van der Waals surface area contributed by atoms with Crippen LogP contribution in [0.15, 0.2) is 72.9 Å². The third kappa shape index (κ3) is 3.85. The number of urea groups is 1. The second-order valence-corrected chi connectivity index (χ2v) is 10.1. The highest BCUT2D eigenvalue weighted by Gasteiger charge is 2.36. The number of aromatic nitrogens is 1. The molecule has 0 fully saturated rings. The fourth-order valence-corrected chi connectivity index (χ4v) is 6.69. The summed E-state index contributed by atoms with van der Waals surface area (Å²) in [4.78, 5) is 19.5. The molecule has 35 heavy (non-hydrogen) atoms. The zero-order chi connectivity index (χ0) is 23.9. The zero-order valence-electron chi connectivity index (χ0n) is 19.6. The second kappa shape index (κ2) is 8.98. The van der Waals surface area contributed by atoms with E-state index >= 15 is 0 Å². The molecular weight excluding hydrogens is 459 g/mol. The molecule has 0 radical (unpaired) electrons. The SMILES string of the molecule is CCN1CCc2c(sc3c2CN(C(=O)Nc2ccccc2F)[C@H](c2ccccc2)c2cccn2-3)C1. The maximum atomic E-state index is 14.5. The van der Waals surface area contributed by atoms with Gasteiger partial charge < -0.3 is 14.8 Å². The number of carbonyl (C=O) groups is 1. The van der Waals surface area contributed by atoms with Gasteiger partial charge in [-0.2, -0.15) is 0 Å². The molecule has 0 aliphatic carbocycles. The molecule has 2 amide bonds. The fraction of sp³-hybridized carbons (Fsp3) is 0.250. The molecule has 178 valence electrons. The molecule has 0 spiro atoms. The Morgan fingerprint density at radius 2 is 1.83 bits per heavy atom. The standard InChI is InChI=1S/C28H27FN4OS/c1-2-31-16-14-20-21-17-33(28(34)30-23-12-7-6-11-22(23)29)26(19-9-4-3-5-10-19)24-13-8-15-32(24)27(21)35-25(20)18-31/h3-13,15,26H,2,14,16-18H2,1H3,(H,30,34)/t26-/m1/s1. The Kier molecular flexibility index (Phi) is 5.66. The van der Waals surface area contributed by atoms with Crippen LogP contribution in [-0.4, -0.2) is 33.5 Å². The van der Waals surface area contributed by atoms with Gasteiger partial charge in [-0.25, -0.2) is 9.18 Å². The number of nitrogens with zero attached hydrogens (tertiary/aromatic N) is 3. The molecule has 6 rings (SSSR count). The maximum Gasteiger partial charge on any atom is 0.323 e. The molecule has 4 aromatic rings. The average molecular weight is 487 g/mol. The number of nitrogens with one attached hydrogen (secondary N) is 1. The lowest BCUT2D eigenvalue weighted by Gasteiger charge is -2.32. The van der Waals surface area contributed by atoms with Crippen molar-refractivity contribution in [1.29, 1.82) is 0 Å². The molecule has 2 aliphatic heterocycles. The van der Waals surface area contributed by atoms with Crippen molar-refractivity contribution in [2.45, 2.75) is 32.5 Å². The molecule has 1 atom stereocenters. The summed E-state index contributed by atoms with van der Waals surface area (Å²) in [6.45, 7) is 5.67. The Morgan fingerprint density at radius 3 is 2.63 bits per heavy atom. The van der Waals surface area contributed by atoms with Crippen molar-refractivity contribution in [3.05, 3.63) is 106 Å². The van der Waals surface area contributed by atoms with E-state index in [2.05, 4.69) is 46.1 Å². The van der Waals surface area contributed by atoms with Crippen molar-refractivity contribution in [1.82, 2.24) is 14.4 Å². The van der Waals surface area contributed by atoms with Crippen molar-refractivity contribution >= 4 is 23.1 Å². The van der Waals surface area contributed by atoms with Crippen LogP contribution in [0.1, 0.15) is 40.2 Å². The molecule has 7 heteroatoms. The lowest BCUT2D eigenvalue weighted by molar-refractivity contribution is 0.194. The van der Waals surface area contributed by atoms with Crippen LogP contribution in [0.25, 0.3) is 5.00 Å². The van der Waals surface area contributed by atoms with Crippen molar-refractivity contribution < 1.29 is 9.18 Å². The Labute approximate surface area is 208 Å². The molecule has 0 saturated heterocycles. The molecule has 2 aromatic carbocycles. The highest BCUT2D eigenvalue weighted by atomic mass is 32.1. The number of hydrogen-bond donors (Lipinski definition) is 1. The van der Waals surface area contributed by atoms with E-state index < -0.39 is 5.82 Å². The normalized spacial score (nSPS) is 17.3. The van der Waals surface area contributed by atoms with Gasteiger partial charge in [0.15, 0.2) is 0 Å². The quantitative estimate of drug-likeness (QED) is 0.375. The minimum atomic E-state index is -0.441. The average Bonchev–Trinajstić information content (AvgIpc) is 3.47. The number of anilines is 1. The predicted molar refractivity (Wildman–Crippen MR) is 138 cm³/mol. The van der Waals surface area contributed by atoms with E-state index in [0.29, 0.717) is 6.54 Å². The van der Waals surface area contributed by atoms with Crippen LogP contribution >= 0.6 is 11.3 Å². The summed E-state index contributed by atoms with van der Waals surface area (Å²) in [5, 5.41) is 4.04. The molecule has 2 aliphatic rings. The number of fused-ring (bicyclic) bond motifs is 5. The summed E-state index contributed by atoms with van der Waals surface area (Å²) < 4.78 is 16.7. The fourth-order valence-electron chi connectivity index (χ4n) is 5.28. The van der Waals surface area contributed by atoms with Gasteiger partial charge in [0, 0.05) is 29.7 Å². The Morgan fingerprint density at radius 1 is 1.03 bits per heavy atom. The number of carbonyl (C=O) groups excluding carboxylic acids is 1. The van der Waals surface area contributed by atoms with Crippen LogP contribution in [0.4, 0.5) is 14.9 Å². The van der Waals surface area contributed by atoms with Crippen molar-refractivity contribution in [3.63, 3.8) is 0 Å².